The van der Waals surface area contributed by atoms with Crippen LogP contribution in [0.4, 0.5) is 21.5 Å². The number of hydrogen-bond donors (Lipinski definition) is 2. The van der Waals surface area contributed by atoms with Gasteiger partial charge in [-0.05, 0) is 61.4 Å². The Morgan fingerprint density at radius 2 is 1.74 bits per heavy atom. The van der Waals surface area contributed by atoms with Crippen LogP contribution in [0.1, 0.15) is 34.5 Å². The van der Waals surface area contributed by atoms with Crippen molar-refractivity contribution in [2.75, 3.05) is 15.6 Å². The largest absolute Gasteiger partial charge is 0.319 e. The van der Waals surface area contributed by atoms with Gasteiger partial charge in [-0.1, -0.05) is 18.2 Å². The van der Waals surface area contributed by atoms with Crippen molar-refractivity contribution in [1.29, 1.82) is 0 Å². The summed E-state index contributed by atoms with van der Waals surface area (Å²) >= 11 is 0. The lowest BCUT2D eigenvalue weighted by Gasteiger charge is -2.25. The fourth-order valence-corrected chi connectivity index (χ4v) is 3.46. The number of aromatic nitrogens is 1. The van der Waals surface area contributed by atoms with Gasteiger partial charge in [0.2, 0.25) is 5.91 Å². The Morgan fingerprint density at radius 3 is 2.50 bits per heavy atom. The van der Waals surface area contributed by atoms with Gasteiger partial charge in [0, 0.05) is 19.0 Å². The van der Waals surface area contributed by atoms with Crippen molar-refractivity contribution < 1.29 is 18.8 Å². The van der Waals surface area contributed by atoms with Crippen LogP contribution in [0.25, 0.3) is 0 Å². The Hall–Kier alpha value is -4.40. The van der Waals surface area contributed by atoms with Crippen molar-refractivity contribution in [3.63, 3.8) is 0 Å². The summed E-state index contributed by atoms with van der Waals surface area (Å²) < 4.78 is 14.0. The van der Waals surface area contributed by atoms with Gasteiger partial charge in [0.1, 0.15) is 17.2 Å². The van der Waals surface area contributed by atoms with E-state index in [1.807, 2.05) is 32.0 Å². The number of nitrogens with one attached hydrogen (secondary N) is 2. The third kappa shape index (κ3) is 4.98. The minimum absolute atomic E-state index is 0.0622. The Labute approximate surface area is 195 Å². The van der Waals surface area contributed by atoms with E-state index in [2.05, 4.69) is 20.7 Å². The Kier molecular flexibility index (Phi) is 6.44. The van der Waals surface area contributed by atoms with E-state index in [4.69, 9.17) is 0 Å². The van der Waals surface area contributed by atoms with Crippen LogP contribution in [-0.4, -0.2) is 28.4 Å². The highest BCUT2D eigenvalue weighted by Gasteiger charge is 2.27. The topological polar surface area (TPSA) is 104 Å². The number of benzene rings is 2. The van der Waals surface area contributed by atoms with Crippen LogP contribution in [0.15, 0.2) is 65.9 Å². The first-order chi connectivity index (χ1) is 16.3. The van der Waals surface area contributed by atoms with E-state index >= 15 is 0 Å². The molecule has 0 fully saturated rings. The molecule has 0 aliphatic carbocycles. The standard InChI is InChI=1S/C25H22FN5O3/c1-15-6-7-16(2)22(13-15)31-23(32)11-10-20(30-31)25(34)29-21-14-17(26)8-9-18(21)28-24(33)19-5-3-4-12-27-19/h3-9,12-14H,10-11H2,1-2H3,(H,28,33)(H,29,34). The lowest BCUT2D eigenvalue weighted by molar-refractivity contribution is -0.118. The summed E-state index contributed by atoms with van der Waals surface area (Å²) in [7, 11) is 0. The zero-order valence-corrected chi connectivity index (χ0v) is 18.6. The first kappa shape index (κ1) is 22.8. The second-order valence-corrected chi connectivity index (χ2v) is 7.86. The van der Waals surface area contributed by atoms with Gasteiger partial charge < -0.3 is 10.6 Å². The molecule has 3 aromatic rings. The number of aryl methyl sites for hydroxylation is 2. The van der Waals surface area contributed by atoms with Crippen molar-refractivity contribution in [2.24, 2.45) is 5.10 Å². The molecule has 172 valence electrons. The highest BCUT2D eigenvalue weighted by Crippen LogP contribution is 2.27. The lowest BCUT2D eigenvalue weighted by atomic mass is 10.1. The zero-order chi connectivity index (χ0) is 24.2. The maximum atomic E-state index is 14.0. The molecule has 0 radical (unpaired) electrons. The van der Waals surface area contributed by atoms with Crippen molar-refractivity contribution in [2.45, 2.75) is 26.7 Å². The molecule has 2 aromatic carbocycles. The number of carbonyl (C=O) groups excluding carboxylic acids is 3. The monoisotopic (exact) mass is 459 g/mol. The van der Waals surface area contributed by atoms with E-state index in [9.17, 15) is 18.8 Å². The third-order valence-electron chi connectivity index (χ3n) is 5.26. The summed E-state index contributed by atoms with van der Waals surface area (Å²) in [4.78, 5) is 42.0. The fourth-order valence-electron chi connectivity index (χ4n) is 3.46. The molecule has 3 amide bonds. The highest BCUT2D eigenvalue weighted by atomic mass is 19.1. The molecule has 8 nitrogen and oxygen atoms in total. The molecule has 2 heterocycles. The number of carbonyl (C=O) groups is 3. The van der Waals surface area contributed by atoms with Crippen LogP contribution in [0.5, 0.6) is 0 Å². The van der Waals surface area contributed by atoms with Gasteiger partial charge in [0.25, 0.3) is 11.8 Å². The van der Waals surface area contributed by atoms with Crippen LogP contribution in [-0.2, 0) is 9.59 Å². The van der Waals surface area contributed by atoms with Gasteiger partial charge in [-0.15, -0.1) is 0 Å². The van der Waals surface area contributed by atoms with Crippen molar-refractivity contribution in [3.05, 3.63) is 83.4 Å². The molecule has 34 heavy (non-hydrogen) atoms. The van der Waals surface area contributed by atoms with Crippen LogP contribution in [0.3, 0.4) is 0 Å². The molecule has 0 bridgehead atoms. The third-order valence-corrected chi connectivity index (χ3v) is 5.26. The molecule has 1 aliphatic heterocycles. The summed E-state index contributed by atoms with van der Waals surface area (Å²) in [6, 6.07) is 14.1. The van der Waals surface area contributed by atoms with Crippen molar-refractivity contribution >= 4 is 40.5 Å². The predicted octanol–water partition coefficient (Wildman–Crippen LogP) is 4.21. The summed E-state index contributed by atoms with van der Waals surface area (Å²) in [5, 5.41) is 10.8. The molecule has 1 aromatic heterocycles. The van der Waals surface area contributed by atoms with Gasteiger partial charge in [-0.2, -0.15) is 5.10 Å². The Balaban J connectivity index is 1.58. The van der Waals surface area contributed by atoms with Gasteiger partial charge in [0.05, 0.1) is 17.1 Å². The SMILES string of the molecule is Cc1ccc(C)c(N2N=C(C(=O)Nc3cc(F)ccc3NC(=O)c3ccccn3)CCC2=O)c1. The predicted molar refractivity (Wildman–Crippen MR) is 127 cm³/mol. The number of amides is 3. The van der Waals surface area contributed by atoms with E-state index in [1.54, 1.807) is 12.1 Å². The lowest BCUT2D eigenvalue weighted by Crippen LogP contribution is -2.36. The van der Waals surface area contributed by atoms with Gasteiger partial charge >= 0.3 is 0 Å². The van der Waals surface area contributed by atoms with E-state index < -0.39 is 17.6 Å². The molecule has 4 rings (SSSR count). The molecule has 1 aliphatic rings. The number of anilines is 3. The molecule has 9 heteroatoms. The summed E-state index contributed by atoms with van der Waals surface area (Å²) in [6.07, 6.45) is 1.72. The number of nitrogens with zero attached hydrogens (tertiary/aromatic N) is 3. The van der Waals surface area contributed by atoms with Crippen molar-refractivity contribution in [1.82, 2.24) is 4.98 Å². The quantitative estimate of drug-likeness (QED) is 0.596. The molecular formula is C25H22FN5O3. The van der Waals surface area contributed by atoms with Crippen LogP contribution in [0.2, 0.25) is 0 Å². The average molecular weight is 459 g/mol. The van der Waals surface area contributed by atoms with Gasteiger partial charge in [-0.3, -0.25) is 19.4 Å². The van der Waals surface area contributed by atoms with Crippen molar-refractivity contribution in [3.8, 4) is 0 Å². The maximum absolute atomic E-state index is 14.0. The highest BCUT2D eigenvalue weighted by molar-refractivity contribution is 6.44. The summed E-state index contributed by atoms with van der Waals surface area (Å²) in [5.41, 5.74) is 2.94. The minimum atomic E-state index is -0.596. The number of halogens is 1. The number of hydrazone groups is 1. The summed E-state index contributed by atoms with van der Waals surface area (Å²) in [6.45, 7) is 3.76. The summed E-state index contributed by atoms with van der Waals surface area (Å²) in [5.74, 6) is -1.92. The minimum Gasteiger partial charge on any atom is -0.319 e. The zero-order valence-electron chi connectivity index (χ0n) is 18.6. The molecule has 0 saturated carbocycles. The van der Waals surface area contributed by atoms with E-state index in [0.717, 1.165) is 17.2 Å². The molecule has 0 unspecified atom stereocenters. The smallest absolute Gasteiger partial charge is 0.274 e. The van der Waals surface area contributed by atoms with Crippen LogP contribution >= 0.6 is 0 Å². The molecule has 0 saturated heterocycles. The van der Waals surface area contributed by atoms with Crippen LogP contribution in [0, 0.1) is 19.7 Å². The van der Waals surface area contributed by atoms with Crippen LogP contribution < -0.4 is 15.6 Å². The first-order valence-electron chi connectivity index (χ1n) is 10.6. The van der Waals surface area contributed by atoms with E-state index in [0.29, 0.717) is 5.69 Å². The number of hydrogen-bond acceptors (Lipinski definition) is 5. The Morgan fingerprint density at radius 1 is 0.941 bits per heavy atom. The number of pyridine rings is 1. The molecular weight excluding hydrogens is 437 g/mol. The van der Waals surface area contributed by atoms with Gasteiger partial charge in [0.15, 0.2) is 0 Å². The second kappa shape index (κ2) is 9.62. The number of rotatable bonds is 5. The Bertz CT molecular complexity index is 1310. The molecule has 2 N–H and O–H groups in total. The maximum Gasteiger partial charge on any atom is 0.274 e. The molecule has 0 atom stereocenters. The average Bonchev–Trinajstić information content (AvgIpc) is 2.83. The van der Waals surface area contributed by atoms with Gasteiger partial charge in [-0.25, -0.2) is 9.40 Å². The normalized spacial score (nSPS) is 13.3. The fraction of sp³-hybridized carbons (Fsp3) is 0.160. The van der Waals surface area contributed by atoms with E-state index in [-0.39, 0.29) is 41.5 Å². The van der Waals surface area contributed by atoms with E-state index in [1.165, 1.54) is 29.4 Å². The first-order valence-corrected chi connectivity index (χ1v) is 10.6. The molecule has 0 spiro atoms. The second-order valence-electron chi connectivity index (χ2n) is 7.86.